The van der Waals surface area contributed by atoms with Crippen molar-refractivity contribution in [2.45, 2.75) is 25.8 Å². The predicted molar refractivity (Wildman–Crippen MR) is 65.3 cm³/mol. The van der Waals surface area contributed by atoms with Crippen molar-refractivity contribution in [1.82, 2.24) is 0 Å². The van der Waals surface area contributed by atoms with Crippen LogP contribution in [-0.2, 0) is 0 Å². The lowest BCUT2D eigenvalue weighted by atomic mass is 10.1. The van der Waals surface area contributed by atoms with Gasteiger partial charge in [0, 0.05) is 12.6 Å². The molecule has 17 heavy (non-hydrogen) atoms. The lowest BCUT2D eigenvalue weighted by molar-refractivity contribution is -0.384. The van der Waals surface area contributed by atoms with Crippen molar-refractivity contribution in [3.63, 3.8) is 0 Å². The summed E-state index contributed by atoms with van der Waals surface area (Å²) in [5, 5.41) is 20.3. The summed E-state index contributed by atoms with van der Waals surface area (Å²) in [6.07, 6.45) is 1.86. The number of aryl methyl sites for hydroxylation is 1. The first-order valence-corrected chi connectivity index (χ1v) is 5.76. The standard InChI is InChI=1S/C12H16N2O3/c1-9-4-5-11(14(16)17)12(7-9)13-6-2-3-10(13)8-15/h4-5,7,10,15H,2-3,6,8H2,1H3/t10-/m1/s1. The van der Waals surface area contributed by atoms with Crippen LogP contribution in [0.3, 0.4) is 0 Å². The van der Waals surface area contributed by atoms with Crippen LogP contribution in [0.1, 0.15) is 18.4 Å². The molecule has 0 bridgehead atoms. The molecule has 1 heterocycles. The van der Waals surface area contributed by atoms with Gasteiger partial charge in [-0.3, -0.25) is 10.1 Å². The van der Waals surface area contributed by atoms with Crippen molar-refractivity contribution in [1.29, 1.82) is 0 Å². The molecule has 0 aliphatic carbocycles. The molecule has 0 spiro atoms. The van der Waals surface area contributed by atoms with Crippen LogP contribution in [-0.4, -0.2) is 29.2 Å². The first-order chi connectivity index (χ1) is 8.13. The Morgan fingerprint density at radius 3 is 3.00 bits per heavy atom. The molecule has 0 amide bonds. The van der Waals surface area contributed by atoms with Gasteiger partial charge in [-0.1, -0.05) is 6.07 Å². The highest BCUT2D eigenvalue weighted by molar-refractivity contribution is 5.65. The minimum Gasteiger partial charge on any atom is -0.394 e. The molecule has 1 aliphatic rings. The number of nitro benzene ring substituents is 1. The molecule has 2 rings (SSSR count). The van der Waals surface area contributed by atoms with Gasteiger partial charge in [-0.05, 0) is 31.4 Å². The number of nitrogens with zero attached hydrogens (tertiary/aromatic N) is 2. The summed E-state index contributed by atoms with van der Waals surface area (Å²) >= 11 is 0. The van der Waals surface area contributed by atoms with E-state index in [1.165, 1.54) is 6.07 Å². The van der Waals surface area contributed by atoms with Crippen molar-refractivity contribution < 1.29 is 10.0 Å². The van der Waals surface area contributed by atoms with Gasteiger partial charge in [-0.2, -0.15) is 0 Å². The summed E-state index contributed by atoms with van der Waals surface area (Å²) in [7, 11) is 0. The molecule has 1 aromatic rings. The number of hydrogen-bond acceptors (Lipinski definition) is 4. The second-order valence-electron chi connectivity index (χ2n) is 4.42. The minimum atomic E-state index is -0.360. The van der Waals surface area contributed by atoms with E-state index in [1.807, 2.05) is 17.9 Å². The highest BCUT2D eigenvalue weighted by atomic mass is 16.6. The summed E-state index contributed by atoms with van der Waals surface area (Å²) in [6.45, 7) is 2.73. The summed E-state index contributed by atoms with van der Waals surface area (Å²) in [6, 6.07) is 5.12. The molecule has 5 heteroatoms. The average Bonchev–Trinajstić information content (AvgIpc) is 2.76. The van der Waals surface area contributed by atoms with E-state index in [0.29, 0.717) is 5.69 Å². The fourth-order valence-electron chi connectivity index (χ4n) is 2.36. The van der Waals surface area contributed by atoms with E-state index in [2.05, 4.69) is 0 Å². The molecule has 0 aromatic heterocycles. The Balaban J connectivity index is 2.42. The summed E-state index contributed by atoms with van der Waals surface area (Å²) in [4.78, 5) is 12.6. The SMILES string of the molecule is Cc1ccc([N+](=O)[O-])c(N2CCC[C@@H]2CO)c1. The minimum absolute atomic E-state index is 0.00972. The Morgan fingerprint density at radius 2 is 2.35 bits per heavy atom. The molecule has 0 unspecified atom stereocenters. The van der Waals surface area contributed by atoms with Gasteiger partial charge in [0.2, 0.25) is 0 Å². The van der Waals surface area contributed by atoms with E-state index >= 15 is 0 Å². The van der Waals surface area contributed by atoms with Crippen LogP contribution in [0.4, 0.5) is 11.4 Å². The first kappa shape index (κ1) is 11.9. The van der Waals surface area contributed by atoms with Gasteiger partial charge in [0.25, 0.3) is 5.69 Å². The Morgan fingerprint density at radius 1 is 1.59 bits per heavy atom. The lowest BCUT2D eigenvalue weighted by Gasteiger charge is -2.25. The largest absolute Gasteiger partial charge is 0.394 e. The zero-order valence-electron chi connectivity index (χ0n) is 9.80. The Kier molecular flexibility index (Phi) is 3.28. The van der Waals surface area contributed by atoms with Crippen LogP contribution in [0.5, 0.6) is 0 Å². The molecule has 5 nitrogen and oxygen atoms in total. The van der Waals surface area contributed by atoms with Crippen LogP contribution in [0.2, 0.25) is 0 Å². The zero-order valence-corrected chi connectivity index (χ0v) is 9.80. The van der Waals surface area contributed by atoms with Gasteiger partial charge in [0.05, 0.1) is 17.6 Å². The number of nitro groups is 1. The fraction of sp³-hybridized carbons (Fsp3) is 0.500. The van der Waals surface area contributed by atoms with E-state index in [0.717, 1.165) is 24.9 Å². The van der Waals surface area contributed by atoms with Gasteiger partial charge < -0.3 is 10.0 Å². The monoisotopic (exact) mass is 236 g/mol. The second-order valence-corrected chi connectivity index (χ2v) is 4.42. The van der Waals surface area contributed by atoms with Gasteiger partial charge in [0.1, 0.15) is 5.69 Å². The Labute approximate surface area is 99.8 Å². The molecule has 1 aliphatic heterocycles. The molecule has 0 radical (unpaired) electrons. The predicted octanol–water partition coefficient (Wildman–Crippen LogP) is 1.86. The third-order valence-electron chi connectivity index (χ3n) is 3.22. The van der Waals surface area contributed by atoms with E-state index in [1.54, 1.807) is 6.07 Å². The highest BCUT2D eigenvalue weighted by Crippen LogP contribution is 2.34. The Bertz CT molecular complexity index is 434. The van der Waals surface area contributed by atoms with Crippen molar-refractivity contribution in [3.8, 4) is 0 Å². The number of aliphatic hydroxyl groups is 1. The highest BCUT2D eigenvalue weighted by Gasteiger charge is 2.29. The maximum atomic E-state index is 11.0. The van der Waals surface area contributed by atoms with Crippen LogP contribution in [0.25, 0.3) is 0 Å². The average molecular weight is 236 g/mol. The van der Waals surface area contributed by atoms with E-state index in [4.69, 9.17) is 0 Å². The lowest BCUT2D eigenvalue weighted by Crippen LogP contribution is -2.32. The maximum absolute atomic E-state index is 11.0. The summed E-state index contributed by atoms with van der Waals surface area (Å²) in [5.74, 6) is 0. The third-order valence-corrected chi connectivity index (χ3v) is 3.22. The van der Waals surface area contributed by atoms with Crippen LogP contribution >= 0.6 is 0 Å². The molecular weight excluding hydrogens is 220 g/mol. The quantitative estimate of drug-likeness (QED) is 0.642. The third kappa shape index (κ3) is 2.24. The van der Waals surface area contributed by atoms with Crippen molar-refractivity contribution in [2.75, 3.05) is 18.1 Å². The van der Waals surface area contributed by atoms with Crippen molar-refractivity contribution in [3.05, 3.63) is 33.9 Å². The first-order valence-electron chi connectivity index (χ1n) is 5.76. The maximum Gasteiger partial charge on any atom is 0.292 e. The number of hydrogen-bond donors (Lipinski definition) is 1. The molecule has 1 atom stereocenters. The number of rotatable bonds is 3. The number of benzene rings is 1. The molecule has 92 valence electrons. The topological polar surface area (TPSA) is 66.6 Å². The number of anilines is 1. The van der Waals surface area contributed by atoms with E-state index < -0.39 is 0 Å². The molecular formula is C12H16N2O3. The second kappa shape index (κ2) is 4.71. The van der Waals surface area contributed by atoms with Crippen molar-refractivity contribution in [2.24, 2.45) is 0 Å². The van der Waals surface area contributed by atoms with E-state index in [-0.39, 0.29) is 23.3 Å². The van der Waals surface area contributed by atoms with Crippen molar-refractivity contribution >= 4 is 11.4 Å². The zero-order chi connectivity index (χ0) is 12.4. The van der Waals surface area contributed by atoms with Crippen LogP contribution in [0.15, 0.2) is 18.2 Å². The van der Waals surface area contributed by atoms with Gasteiger partial charge in [-0.15, -0.1) is 0 Å². The normalized spacial score (nSPS) is 19.6. The van der Waals surface area contributed by atoms with Gasteiger partial charge in [0.15, 0.2) is 0 Å². The molecule has 1 N–H and O–H groups in total. The van der Waals surface area contributed by atoms with Crippen LogP contribution < -0.4 is 4.90 Å². The fourth-order valence-corrected chi connectivity index (χ4v) is 2.36. The molecule has 1 saturated heterocycles. The summed E-state index contributed by atoms with van der Waals surface area (Å²) < 4.78 is 0. The molecule has 0 saturated carbocycles. The Hall–Kier alpha value is -1.62. The number of aliphatic hydroxyl groups excluding tert-OH is 1. The van der Waals surface area contributed by atoms with Gasteiger partial charge in [-0.25, -0.2) is 0 Å². The van der Waals surface area contributed by atoms with E-state index in [9.17, 15) is 15.2 Å². The molecule has 1 aromatic carbocycles. The van der Waals surface area contributed by atoms with Crippen LogP contribution in [0, 0.1) is 17.0 Å². The smallest absolute Gasteiger partial charge is 0.292 e. The summed E-state index contributed by atoms with van der Waals surface area (Å²) in [5.41, 5.74) is 1.75. The van der Waals surface area contributed by atoms with Gasteiger partial charge >= 0.3 is 0 Å². The molecule has 1 fully saturated rings.